The number of hydrogen-bond acceptors (Lipinski definition) is 3. The minimum atomic E-state index is -0.173. The molecular weight excluding hydrogens is 267 g/mol. The predicted molar refractivity (Wildman–Crippen MR) is 80.0 cm³/mol. The van der Waals surface area contributed by atoms with Crippen molar-refractivity contribution in [3.63, 3.8) is 0 Å². The highest BCUT2D eigenvalue weighted by Crippen LogP contribution is 2.19. The number of aromatic nitrogens is 3. The van der Waals surface area contributed by atoms with E-state index in [9.17, 15) is 4.39 Å². The number of halogens is 1. The van der Waals surface area contributed by atoms with Crippen LogP contribution in [0.1, 0.15) is 5.56 Å². The molecule has 4 nitrogen and oxygen atoms in total. The molecule has 3 aromatic rings. The van der Waals surface area contributed by atoms with Crippen LogP contribution in [0.15, 0.2) is 55.1 Å². The van der Waals surface area contributed by atoms with Gasteiger partial charge in [-0.15, -0.1) is 0 Å². The van der Waals surface area contributed by atoms with Gasteiger partial charge >= 0.3 is 0 Å². The van der Waals surface area contributed by atoms with E-state index in [1.165, 1.54) is 6.07 Å². The summed E-state index contributed by atoms with van der Waals surface area (Å²) in [4.78, 5) is 8.25. The average Bonchev–Trinajstić information content (AvgIpc) is 2.96. The normalized spacial score (nSPS) is 10.7. The van der Waals surface area contributed by atoms with Crippen LogP contribution in [0.4, 0.5) is 10.2 Å². The topological polar surface area (TPSA) is 56.7 Å². The highest BCUT2D eigenvalue weighted by atomic mass is 19.1. The van der Waals surface area contributed by atoms with Gasteiger partial charge in [-0.1, -0.05) is 18.2 Å². The van der Waals surface area contributed by atoms with Crippen molar-refractivity contribution >= 4 is 5.82 Å². The quantitative estimate of drug-likeness (QED) is 0.800. The first-order chi connectivity index (χ1) is 10.2. The summed E-state index contributed by atoms with van der Waals surface area (Å²) in [7, 11) is 0. The molecule has 2 aromatic heterocycles. The van der Waals surface area contributed by atoms with E-state index in [1.54, 1.807) is 36.9 Å². The largest absolute Gasteiger partial charge is 0.384 e. The molecule has 2 heterocycles. The van der Waals surface area contributed by atoms with Gasteiger partial charge in [0.25, 0.3) is 0 Å². The number of hydrogen-bond donors (Lipinski definition) is 1. The van der Waals surface area contributed by atoms with Crippen LogP contribution in [0.2, 0.25) is 0 Å². The Morgan fingerprint density at radius 2 is 1.95 bits per heavy atom. The third kappa shape index (κ3) is 2.91. The van der Waals surface area contributed by atoms with E-state index in [1.807, 2.05) is 16.7 Å². The molecule has 0 fully saturated rings. The number of nitrogens with zero attached hydrogens (tertiary/aromatic N) is 3. The van der Waals surface area contributed by atoms with E-state index >= 15 is 0 Å². The molecule has 0 saturated heterocycles. The van der Waals surface area contributed by atoms with Crippen molar-refractivity contribution in [2.24, 2.45) is 0 Å². The molecule has 2 N–H and O–H groups in total. The molecule has 0 aliphatic carbocycles. The average molecular weight is 282 g/mol. The van der Waals surface area contributed by atoms with Gasteiger partial charge in [0.2, 0.25) is 0 Å². The Kier molecular flexibility index (Phi) is 3.64. The van der Waals surface area contributed by atoms with Crippen molar-refractivity contribution in [1.82, 2.24) is 14.5 Å². The Morgan fingerprint density at radius 3 is 2.71 bits per heavy atom. The fraction of sp³-hybridized carbons (Fsp3) is 0.125. The standard InChI is InChI=1S/C16H15FN4/c17-14-4-2-1-3-12(14)7-8-21-11-19-10-15(21)13-5-6-16(18)20-9-13/h1-6,9-11H,7-8H2,(H2,18,20). The van der Waals surface area contributed by atoms with E-state index in [4.69, 9.17) is 5.73 Å². The molecule has 0 saturated carbocycles. The number of aryl methyl sites for hydroxylation is 2. The summed E-state index contributed by atoms with van der Waals surface area (Å²) in [5.41, 5.74) is 8.18. The summed E-state index contributed by atoms with van der Waals surface area (Å²) in [6, 6.07) is 10.5. The first-order valence-electron chi connectivity index (χ1n) is 6.69. The first kappa shape index (κ1) is 13.3. The molecule has 0 aliphatic heterocycles. The zero-order chi connectivity index (χ0) is 14.7. The van der Waals surface area contributed by atoms with E-state index < -0.39 is 0 Å². The molecule has 106 valence electrons. The summed E-state index contributed by atoms with van der Waals surface area (Å²) in [6.45, 7) is 0.653. The zero-order valence-corrected chi connectivity index (χ0v) is 11.4. The second kappa shape index (κ2) is 5.75. The summed E-state index contributed by atoms with van der Waals surface area (Å²) in [6.07, 6.45) is 5.84. The second-order valence-corrected chi connectivity index (χ2v) is 4.79. The van der Waals surface area contributed by atoms with Crippen LogP contribution in [0.5, 0.6) is 0 Å². The number of nitrogens with two attached hydrogens (primary N) is 1. The lowest BCUT2D eigenvalue weighted by atomic mass is 10.1. The summed E-state index contributed by atoms with van der Waals surface area (Å²) in [5, 5.41) is 0. The fourth-order valence-electron chi connectivity index (χ4n) is 2.24. The maximum atomic E-state index is 13.6. The fourth-order valence-corrected chi connectivity index (χ4v) is 2.24. The molecule has 0 amide bonds. The minimum absolute atomic E-state index is 0.173. The molecular formula is C16H15FN4. The maximum Gasteiger partial charge on any atom is 0.126 e. The van der Waals surface area contributed by atoms with E-state index in [0.717, 1.165) is 11.3 Å². The Bertz CT molecular complexity index is 734. The number of anilines is 1. The van der Waals surface area contributed by atoms with Gasteiger partial charge in [0, 0.05) is 18.3 Å². The van der Waals surface area contributed by atoms with Crippen molar-refractivity contribution in [3.8, 4) is 11.3 Å². The van der Waals surface area contributed by atoms with Crippen molar-refractivity contribution in [2.45, 2.75) is 13.0 Å². The minimum Gasteiger partial charge on any atom is -0.384 e. The highest BCUT2D eigenvalue weighted by Gasteiger charge is 2.07. The Balaban J connectivity index is 1.80. The molecule has 0 unspecified atom stereocenters. The van der Waals surface area contributed by atoms with Gasteiger partial charge in [-0.2, -0.15) is 0 Å². The molecule has 1 aromatic carbocycles. The number of rotatable bonds is 4. The Morgan fingerprint density at radius 1 is 1.10 bits per heavy atom. The molecule has 0 spiro atoms. The van der Waals surface area contributed by atoms with Gasteiger partial charge in [-0.05, 0) is 30.2 Å². The van der Waals surface area contributed by atoms with Gasteiger partial charge in [-0.25, -0.2) is 14.4 Å². The van der Waals surface area contributed by atoms with Gasteiger partial charge in [-0.3, -0.25) is 0 Å². The van der Waals surface area contributed by atoms with E-state index in [-0.39, 0.29) is 5.82 Å². The molecule has 3 rings (SSSR count). The van der Waals surface area contributed by atoms with Crippen molar-refractivity contribution in [3.05, 3.63) is 66.5 Å². The first-order valence-corrected chi connectivity index (χ1v) is 6.69. The second-order valence-electron chi connectivity index (χ2n) is 4.79. The molecule has 0 atom stereocenters. The van der Waals surface area contributed by atoms with Crippen LogP contribution < -0.4 is 5.73 Å². The molecule has 0 bridgehead atoms. The third-order valence-corrected chi connectivity index (χ3v) is 3.37. The number of imidazole rings is 1. The monoisotopic (exact) mass is 282 g/mol. The smallest absolute Gasteiger partial charge is 0.126 e. The molecule has 21 heavy (non-hydrogen) atoms. The highest BCUT2D eigenvalue weighted by molar-refractivity contribution is 5.59. The molecule has 0 aliphatic rings. The van der Waals surface area contributed by atoms with E-state index in [2.05, 4.69) is 9.97 Å². The van der Waals surface area contributed by atoms with Crippen molar-refractivity contribution < 1.29 is 4.39 Å². The van der Waals surface area contributed by atoms with Crippen LogP contribution in [-0.4, -0.2) is 14.5 Å². The zero-order valence-electron chi connectivity index (χ0n) is 11.4. The lowest BCUT2D eigenvalue weighted by Gasteiger charge is -2.09. The summed E-state index contributed by atoms with van der Waals surface area (Å²) < 4.78 is 15.6. The van der Waals surface area contributed by atoms with Crippen LogP contribution in [-0.2, 0) is 13.0 Å². The molecule has 5 heteroatoms. The SMILES string of the molecule is Nc1ccc(-c2cncn2CCc2ccccc2F)cn1. The molecule has 0 radical (unpaired) electrons. The number of pyridine rings is 1. The Hall–Kier alpha value is -2.69. The van der Waals surface area contributed by atoms with Crippen LogP contribution in [0.3, 0.4) is 0 Å². The third-order valence-electron chi connectivity index (χ3n) is 3.37. The van der Waals surface area contributed by atoms with Crippen molar-refractivity contribution in [2.75, 3.05) is 5.73 Å². The number of nitrogen functional groups attached to an aromatic ring is 1. The summed E-state index contributed by atoms with van der Waals surface area (Å²) >= 11 is 0. The summed E-state index contributed by atoms with van der Waals surface area (Å²) in [5.74, 6) is 0.310. The van der Waals surface area contributed by atoms with Gasteiger partial charge in [0.15, 0.2) is 0 Å². The van der Waals surface area contributed by atoms with Crippen LogP contribution in [0, 0.1) is 5.82 Å². The lowest BCUT2D eigenvalue weighted by molar-refractivity contribution is 0.594. The lowest BCUT2D eigenvalue weighted by Crippen LogP contribution is -2.03. The number of benzene rings is 1. The van der Waals surface area contributed by atoms with Gasteiger partial charge in [0.1, 0.15) is 11.6 Å². The predicted octanol–water partition coefficient (Wildman–Crippen LogP) is 2.91. The van der Waals surface area contributed by atoms with Crippen LogP contribution >= 0.6 is 0 Å². The van der Waals surface area contributed by atoms with E-state index in [0.29, 0.717) is 24.3 Å². The Labute approximate surface area is 122 Å². The van der Waals surface area contributed by atoms with Gasteiger partial charge < -0.3 is 10.3 Å². The van der Waals surface area contributed by atoms with Crippen LogP contribution in [0.25, 0.3) is 11.3 Å². The van der Waals surface area contributed by atoms with Gasteiger partial charge in [0.05, 0.1) is 18.2 Å². The van der Waals surface area contributed by atoms with Crippen molar-refractivity contribution in [1.29, 1.82) is 0 Å². The maximum absolute atomic E-state index is 13.6.